The van der Waals surface area contributed by atoms with Crippen molar-refractivity contribution in [2.45, 2.75) is 19.9 Å². The lowest BCUT2D eigenvalue weighted by Gasteiger charge is -2.18. The maximum Gasteiger partial charge on any atom is 0.309 e. The molecule has 0 bridgehead atoms. The van der Waals surface area contributed by atoms with Crippen LogP contribution in [0.2, 0.25) is 0 Å². The molecule has 1 amide bonds. The van der Waals surface area contributed by atoms with E-state index in [9.17, 15) is 9.59 Å². The molecule has 6 nitrogen and oxygen atoms in total. The molecule has 0 saturated carbocycles. The number of methoxy groups -OCH3 is 1. The van der Waals surface area contributed by atoms with Gasteiger partial charge in [0.1, 0.15) is 11.5 Å². The van der Waals surface area contributed by atoms with Crippen molar-refractivity contribution in [3.05, 3.63) is 59.7 Å². The second kappa shape index (κ2) is 10.2. The van der Waals surface area contributed by atoms with Crippen molar-refractivity contribution in [2.75, 3.05) is 27.4 Å². The zero-order valence-corrected chi connectivity index (χ0v) is 15.9. The van der Waals surface area contributed by atoms with Crippen molar-refractivity contribution < 1.29 is 23.8 Å². The van der Waals surface area contributed by atoms with Crippen LogP contribution in [0.5, 0.6) is 11.5 Å². The molecule has 2 aromatic carbocycles. The van der Waals surface area contributed by atoms with Crippen molar-refractivity contribution in [3.8, 4) is 11.5 Å². The molecule has 27 heavy (non-hydrogen) atoms. The molecule has 0 saturated heterocycles. The number of para-hydroxylation sites is 1. The van der Waals surface area contributed by atoms with E-state index in [1.807, 2.05) is 55.5 Å². The van der Waals surface area contributed by atoms with Gasteiger partial charge in [-0.05, 0) is 25.1 Å². The van der Waals surface area contributed by atoms with Crippen LogP contribution in [-0.4, -0.2) is 44.1 Å². The molecule has 0 heterocycles. The third-order valence-corrected chi connectivity index (χ3v) is 3.98. The van der Waals surface area contributed by atoms with Gasteiger partial charge in [0.2, 0.25) is 0 Å². The summed E-state index contributed by atoms with van der Waals surface area (Å²) in [6.07, 6.45) is 0.0807. The van der Waals surface area contributed by atoms with Crippen LogP contribution in [0.3, 0.4) is 0 Å². The van der Waals surface area contributed by atoms with Gasteiger partial charge in [-0.15, -0.1) is 0 Å². The van der Waals surface area contributed by atoms with Gasteiger partial charge in [0.05, 0.1) is 20.1 Å². The Kier molecular flexibility index (Phi) is 7.67. The van der Waals surface area contributed by atoms with Crippen LogP contribution in [0.1, 0.15) is 17.5 Å². The fraction of sp³-hybridized carbons (Fsp3) is 0.333. The van der Waals surface area contributed by atoms with E-state index in [4.69, 9.17) is 14.2 Å². The monoisotopic (exact) mass is 371 g/mol. The summed E-state index contributed by atoms with van der Waals surface area (Å²) < 4.78 is 15.8. The average Bonchev–Trinajstić information content (AvgIpc) is 2.68. The number of benzene rings is 2. The number of carbonyl (C=O) groups is 2. The summed E-state index contributed by atoms with van der Waals surface area (Å²) in [7, 11) is 3.24. The topological polar surface area (TPSA) is 65.1 Å². The summed E-state index contributed by atoms with van der Waals surface area (Å²) in [6, 6.07) is 15.0. The number of aryl methyl sites for hydroxylation is 1. The summed E-state index contributed by atoms with van der Waals surface area (Å²) in [4.78, 5) is 25.4. The summed E-state index contributed by atoms with van der Waals surface area (Å²) in [5.41, 5.74) is 2.02. The van der Waals surface area contributed by atoms with Crippen LogP contribution in [0, 0.1) is 6.92 Å². The van der Waals surface area contributed by atoms with Crippen molar-refractivity contribution >= 4 is 11.9 Å². The van der Waals surface area contributed by atoms with Crippen LogP contribution >= 0.6 is 0 Å². The second-order valence-corrected chi connectivity index (χ2v) is 6.13. The molecule has 6 heteroatoms. The predicted molar refractivity (Wildman–Crippen MR) is 102 cm³/mol. The average molecular weight is 371 g/mol. The smallest absolute Gasteiger partial charge is 0.309 e. The molecule has 0 N–H and O–H groups in total. The number of rotatable bonds is 9. The third kappa shape index (κ3) is 6.66. The first-order chi connectivity index (χ1) is 13.0. The van der Waals surface area contributed by atoms with E-state index in [1.165, 1.54) is 4.90 Å². The second-order valence-electron chi connectivity index (χ2n) is 6.13. The lowest BCUT2D eigenvalue weighted by atomic mass is 10.2. The third-order valence-electron chi connectivity index (χ3n) is 3.98. The molecule has 0 aliphatic carbocycles. The number of hydrogen-bond acceptors (Lipinski definition) is 5. The van der Waals surface area contributed by atoms with E-state index >= 15 is 0 Å². The highest BCUT2D eigenvalue weighted by atomic mass is 16.5. The lowest BCUT2D eigenvalue weighted by Crippen LogP contribution is -2.31. The van der Waals surface area contributed by atoms with Crippen molar-refractivity contribution in [1.82, 2.24) is 4.90 Å². The molecule has 0 aliphatic rings. The molecular weight excluding hydrogens is 346 g/mol. The SMILES string of the molecule is COc1ccccc1CN(C)C(=O)COC(=O)CCOc1ccc(C)cc1. The molecule has 144 valence electrons. The standard InChI is InChI=1S/C21H25NO5/c1-16-8-10-18(11-9-16)26-13-12-21(24)27-15-20(23)22(2)14-17-6-4-5-7-19(17)25-3/h4-11H,12-15H2,1-3H3. The normalized spacial score (nSPS) is 10.2. The Morgan fingerprint density at radius 2 is 1.74 bits per heavy atom. The van der Waals surface area contributed by atoms with E-state index in [2.05, 4.69) is 0 Å². The van der Waals surface area contributed by atoms with Gasteiger partial charge >= 0.3 is 5.97 Å². The van der Waals surface area contributed by atoms with Crippen LogP contribution in [0.4, 0.5) is 0 Å². The minimum Gasteiger partial charge on any atom is -0.496 e. The minimum atomic E-state index is -0.471. The Morgan fingerprint density at radius 3 is 2.44 bits per heavy atom. The first-order valence-corrected chi connectivity index (χ1v) is 8.70. The van der Waals surface area contributed by atoms with Gasteiger partial charge in [0, 0.05) is 19.2 Å². The minimum absolute atomic E-state index is 0.0807. The summed E-state index contributed by atoms with van der Waals surface area (Å²) in [5.74, 6) is 0.651. The maximum atomic E-state index is 12.2. The Labute approximate surface area is 159 Å². The number of ether oxygens (including phenoxy) is 3. The number of esters is 1. The van der Waals surface area contributed by atoms with Crippen LogP contribution in [0.25, 0.3) is 0 Å². The van der Waals surface area contributed by atoms with E-state index in [0.717, 1.165) is 11.1 Å². The van der Waals surface area contributed by atoms with Gasteiger partial charge in [0.15, 0.2) is 6.61 Å². The van der Waals surface area contributed by atoms with Gasteiger partial charge in [0.25, 0.3) is 5.91 Å². The van der Waals surface area contributed by atoms with Crippen LogP contribution < -0.4 is 9.47 Å². The zero-order valence-electron chi connectivity index (χ0n) is 15.9. The molecule has 0 spiro atoms. The zero-order chi connectivity index (χ0) is 19.6. The number of carbonyl (C=O) groups excluding carboxylic acids is 2. The van der Waals surface area contributed by atoms with Crippen molar-refractivity contribution in [3.63, 3.8) is 0 Å². The molecule has 0 fully saturated rings. The van der Waals surface area contributed by atoms with Crippen LogP contribution in [0.15, 0.2) is 48.5 Å². The Morgan fingerprint density at radius 1 is 1.04 bits per heavy atom. The number of amides is 1. The largest absolute Gasteiger partial charge is 0.496 e. The van der Waals surface area contributed by atoms with Gasteiger partial charge in [-0.3, -0.25) is 9.59 Å². The first-order valence-electron chi connectivity index (χ1n) is 8.70. The van der Waals surface area contributed by atoms with Crippen molar-refractivity contribution in [1.29, 1.82) is 0 Å². The highest BCUT2D eigenvalue weighted by molar-refractivity contribution is 5.80. The van der Waals surface area contributed by atoms with E-state index in [-0.39, 0.29) is 25.5 Å². The Bertz CT molecular complexity index is 757. The number of likely N-dealkylation sites (N-methyl/N-ethyl adjacent to an activating group) is 1. The molecular formula is C21H25NO5. The number of hydrogen-bond donors (Lipinski definition) is 0. The first kappa shape index (κ1) is 20.3. The van der Waals surface area contributed by atoms with Gasteiger partial charge in [-0.25, -0.2) is 0 Å². The Hall–Kier alpha value is -3.02. The van der Waals surface area contributed by atoms with E-state index in [1.54, 1.807) is 14.2 Å². The lowest BCUT2D eigenvalue weighted by molar-refractivity contribution is -0.152. The summed E-state index contributed by atoms with van der Waals surface area (Å²) in [5, 5.41) is 0. The highest BCUT2D eigenvalue weighted by Crippen LogP contribution is 2.18. The molecule has 0 aromatic heterocycles. The molecule has 0 aliphatic heterocycles. The van der Waals surface area contributed by atoms with E-state index < -0.39 is 5.97 Å². The quantitative estimate of drug-likeness (QED) is 0.634. The highest BCUT2D eigenvalue weighted by Gasteiger charge is 2.14. The fourth-order valence-corrected chi connectivity index (χ4v) is 2.39. The molecule has 0 atom stereocenters. The number of nitrogens with zero attached hydrogens (tertiary/aromatic N) is 1. The van der Waals surface area contributed by atoms with Gasteiger partial charge in [-0.1, -0.05) is 35.9 Å². The van der Waals surface area contributed by atoms with Crippen molar-refractivity contribution in [2.24, 2.45) is 0 Å². The fourth-order valence-electron chi connectivity index (χ4n) is 2.39. The summed E-state index contributed by atoms with van der Waals surface area (Å²) in [6.45, 7) is 2.27. The Balaban J connectivity index is 1.70. The molecule has 2 aromatic rings. The summed E-state index contributed by atoms with van der Waals surface area (Å²) >= 11 is 0. The molecule has 2 rings (SSSR count). The predicted octanol–water partition coefficient (Wildman–Crippen LogP) is 2.97. The van der Waals surface area contributed by atoms with Crippen LogP contribution in [-0.2, 0) is 20.9 Å². The maximum absolute atomic E-state index is 12.2. The molecule has 0 unspecified atom stereocenters. The van der Waals surface area contributed by atoms with Gasteiger partial charge < -0.3 is 19.1 Å². The van der Waals surface area contributed by atoms with E-state index in [0.29, 0.717) is 18.0 Å². The molecule has 0 radical (unpaired) electrons. The van der Waals surface area contributed by atoms with Gasteiger partial charge in [-0.2, -0.15) is 0 Å².